The van der Waals surface area contributed by atoms with E-state index in [2.05, 4.69) is 10.6 Å². The highest BCUT2D eigenvalue weighted by molar-refractivity contribution is 5.79. The van der Waals surface area contributed by atoms with Crippen molar-refractivity contribution < 1.29 is 9.90 Å². The minimum atomic E-state index is -0.142. The molecule has 0 unspecified atom stereocenters. The third-order valence-electron chi connectivity index (χ3n) is 4.07. The number of rotatable bonds is 4. The topological polar surface area (TPSA) is 61.4 Å². The van der Waals surface area contributed by atoms with E-state index in [1.807, 2.05) is 7.05 Å². The molecule has 2 fully saturated rings. The molecule has 1 amide bonds. The van der Waals surface area contributed by atoms with Crippen molar-refractivity contribution in [3.63, 3.8) is 0 Å². The van der Waals surface area contributed by atoms with Crippen LogP contribution in [0.15, 0.2) is 0 Å². The van der Waals surface area contributed by atoms with Crippen molar-refractivity contribution >= 4 is 5.91 Å². The van der Waals surface area contributed by atoms with Crippen molar-refractivity contribution in [2.24, 2.45) is 5.92 Å². The summed E-state index contributed by atoms with van der Waals surface area (Å²) in [7, 11) is 1.89. The maximum absolute atomic E-state index is 11.8. The zero-order valence-corrected chi connectivity index (χ0v) is 9.96. The molecule has 16 heavy (non-hydrogen) atoms. The Bertz CT molecular complexity index is 250. The molecule has 4 heteroatoms. The van der Waals surface area contributed by atoms with Crippen LogP contribution in [0.1, 0.15) is 38.5 Å². The van der Waals surface area contributed by atoms with Crippen LogP contribution in [0.3, 0.4) is 0 Å². The van der Waals surface area contributed by atoms with Crippen LogP contribution in [0.4, 0.5) is 0 Å². The van der Waals surface area contributed by atoms with Gasteiger partial charge in [0.05, 0.1) is 6.61 Å². The first-order valence-corrected chi connectivity index (χ1v) is 6.29. The second kappa shape index (κ2) is 4.72. The summed E-state index contributed by atoms with van der Waals surface area (Å²) in [5.41, 5.74) is -0.142. The molecule has 2 aliphatic rings. The summed E-state index contributed by atoms with van der Waals surface area (Å²) in [5, 5.41) is 15.6. The van der Waals surface area contributed by atoms with Gasteiger partial charge in [-0.3, -0.25) is 4.79 Å². The van der Waals surface area contributed by atoms with Crippen LogP contribution in [-0.2, 0) is 4.79 Å². The molecule has 0 atom stereocenters. The van der Waals surface area contributed by atoms with Gasteiger partial charge >= 0.3 is 0 Å². The van der Waals surface area contributed by atoms with Crippen LogP contribution in [0.2, 0.25) is 0 Å². The molecule has 0 saturated heterocycles. The summed E-state index contributed by atoms with van der Waals surface area (Å²) >= 11 is 0. The summed E-state index contributed by atoms with van der Waals surface area (Å²) in [6.07, 6.45) is 5.86. The van der Waals surface area contributed by atoms with Gasteiger partial charge in [0.25, 0.3) is 0 Å². The van der Waals surface area contributed by atoms with Crippen LogP contribution >= 0.6 is 0 Å². The molecule has 2 rings (SSSR count). The highest BCUT2D eigenvalue weighted by atomic mass is 16.3. The van der Waals surface area contributed by atoms with Gasteiger partial charge in [-0.2, -0.15) is 0 Å². The molecule has 2 saturated carbocycles. The Balaban J connectivity index is 1.81. The molecule has 0 bridgehead atoms. The van der Waals surface area contributed by atoms with E-state index in [0.717, 1.165) is 38.5 Å². The summed E-state index contributed by atoms with van der Waals surface area (Å²) in [5.74, 6) is 0.388. The molecule has 0 aromatic carbocycles. The van der Waals surface area contributed by atoms with Gasteiger partial charge in [0, 0.05) is 17.5 Å². The third kappa shape index (κ3) is 2.55. The van der Waals surface area contributed by atoms with Gasteiger partial charge in [-0.25, -0.2) is 0 Å². The number of hydrogen-bond acceptors (Lipinski definition) is 3. The minimum Gasteiger partial charge on any atom is -0.394 e. The second-order valence-electron chi connectivity index (χ2n) is 5.25. The molecule has 0 radical (unpaired) electrons. The average Bonchev–Trinajstić information content (AvgIpc) is 3.13. The lowest BCUT2D eigenvalue weighted by Gasteiger charge is -2.38. The van der Waals surface area contributed by atoms with Crippen LogP contribution in [0.25, 0.3) is 0 Å². The Kier molecular flexibility index (Phi) is 3.50. The molecule has 0 heterocycles. The Morgan fingerprint density at radius 2 is 1.94 bits per heavy atom. The lowest BCUT2D eigenvalue weighted by molar-refractivity contribution is -0.126. The molecule has 0 spiro atoms. The first-order chi connectivity index (χ1) is 7.69. The molecule has 0 aromatic heterocycles. The highest BCUT2D eigenvalue weighted by Crippen LogP contribution is 2.32. The van der Waals surface area contributed by atoms with E-state index < -0.39 is 0 Å². The quantitative estimate of drug-likeness (QED) is 0.650. The number of carbonyl (C=O) groups excluding carboxylic acids is 1. The van der Waals surface area contributed by atoms with E-state index in [9.17, 15) is 9.90 Å². The van der Waals surface area contributed by atoms with Crippen LogP contribution < -0.4 is 10.6 Å². The van der Waals surface area contributed by atoms with Crippen LogP contribution in [-0.4, -0.2) is 36.2 Å². The number of carbonyl (C=O) groups is 1. The molecule has 0 aliphatic heterocycles. The number of amides is 1. The number of nitrogens with one attached hydrogen (secondary N) is 2. The summed E-state index contributed by atoms with van der Waals surface area (Å²) in [6, 6.07) is 0.460. The van der Waals surface area contributed by atoms with Crippen molar-refractivity contribution in [2.45, 2.75) is 50.1 Å². The summed E-state index contributed by atoms with van der Waals surface area (Å²) in [4.78, 5) is 11.8. The van der Waals surface area contributed by atoms with Gasteiger partial charge in [0.15, 0.2) is 0 Å². The number of likely N-dealkylation sites (N-methyl/N-ethyl adjacent to an activating group) is 1. The third-order valence-corrected chi connectivity index (χ3v) is 4.07. The number of aliphatic hydroxyl groups is 1. The monoisotopic (exact) mass is 226 g/mol. The fraction of sp³-hybridized carbons (Fsp3) is 0.917. The van der Waals surface area contributed by atoms with Gasteiger partial charge in [0.1, 0.15) is 0 Å². The van der Waals surface area contributed by atoms with Gasteiger partial charge in [-0.1, -0.05) is 0 Å². The van der Waals surface area contributed by atoms with E-state index in [0.29, 0.717) is 6.04 Å². The Labute approximate surface area is 96.8 Å². The number of aliphatic hydroxyl groups excluding tert-OH is 1. The second-order valence-corrected chi connectivity index (χ2v) is 5.25. The van der Waals surface area contributed by atoms with Crippen molar-refractivity contribution in [3.8, 4) is 0 Å². The zero-order valence-electron chi connectivity index (χ0n) is 9.96. The summed E-state index contributed by atoms with van der Waals surface area (Å²) < 4.78 is 0. The molecular formula is C12H22N2O2. The van der Waals surface area contributed by atoms with Crippen molar-refractivity contribution in [1.82, 2.24) is 10.6 Å². The van der Waals surface area contributed by atoms with Gasteiger partial charge in [-0.15, -0.1) is 0 Å². The van der Waals surface area contributed by atoms with E-state index in [1.165, 1.54) is 0 Å². The molecule has 2 aliphatic carbocycles. The smallest absolute Gasteiger partial charge is 0.223 e. The van der Waals surface area contributed by atoms with Crippen LogP contribution in [0.5, 0.6) is 0 Å². The maximum Gasteiger partial charge on any atom is 0.223 e. The number of hydrogen-bond donors (Lipinski definition) is 3. The summed E-state index contributed by atoms with van der Waals surface area (Å²) in [6.45, 7) is 0.167. The lowest BCUT2D eigenvalue weighted by atomic mass is 9.76. The molecule has 92 valence electrons. The molecular weight excluding hydrogens is 204 g/mol. The first-order valence-electron chi connectivity index (χ1n) is 6.29. The van der Waals surface area contributed by atoms with E-state index in [1.54, 1.807) is 0 Å². The van der Waals surface area contributed by atoms with E-state index in [-0.39, 0.29) is 24.0 Å². The fourth-order valence-corrected chi connectivity index (χ4v) is 2.47. The first kappa shape index (κ1) is 11.9. The minimum absolute atomic E-state index is 0.142. The van der Waals surface area contributed by atoms with Crippen molar-refractivity contribution in [1.29, 1.82) is 0 Å². The molecule has 4 nitrogen and oxygen atoms in total. The largest absolute Gasteiger partial charge is 0.394 e. The van der Waals surface area contributed by atoms with Crippen LogP contribution in [0, 0.1) is 5.92 Å². The van der Waals surface area contributed by atoms with Gasteiger partial charge in [-0.05, 0) is 45.6 Å². The maximum atomic E-state index is 11.8. The van der Waals surface area contributed by atoms with Crippen molar-refractivity contribution in [3.05, 3.63) is 0 Å². The average molecular weight is 226 g/mol. The Morgan fingerprint density at radius 1 is 1.31 bits per heavy atom. The van der Waals surface area contributed by atoms with Crippen molar-refractivity contribution in [2.75, 3.05) is 13.7 Å². The fourth-order valence-electron chi connectivity index (χ4n) is 2.47. The zero-order chi connectivity index (χ0) is 11.6. The van der Waals surface area contributed by atoms with Gasteiger partial charge in [0.2, 0.25) is 5.91 Å². The van der Waals surface area contributed by atoms with E-state index >= 15 is 0 Å². The SMILES string of the molecule is CNC1(CO)CCC(C(=O)NC2CC2)CC1. The Morgan fingerprint density at radius 3 is 2.38 bits per heavy atom. The molecule has 0 aromatic rings. The predicted octanol–water partition coefficient (Wildman–Crippen LogP) is 0.406. The lowest BCUT2D eigenvalue weighted by Crippen LogP contribution is -2.50. The van der Waals surface area contributed by atoms with Gasteiger partial charge < -0.3 is 15.7 Å². The van der Waals surface area contributed by atoms with E-state index in [4.69, 9.17) is 0 Å². The predicted molar refractivity (Wildman–Crippen MR) is 62.0 cm³/mol. The standard InChI is InChI=1S/C12H22N2O2/c1-13-12(8-15)6-4-9(5-7-12)11(16)14-10-2-3-10/h9-10,13,15H,2-8H2,1H3,(H,14,16). The molecule has 3 N–H and O–H groups in total. The normalized spacial score (nSPS) is 34.8. The Hall–Kier alpha value is -0.610. The highest BCUT2D eigenvalue weighted by Gasteiger charge is 2.36.